The average molecular weight is 772 g/mol. The largest absolute Gasteiger partial charge is 0.480 e. The summed E-state index contributed by atoms with van der Waals surface area (Å²) in [5.41, 5.74) is 0.0486. The van der Waals surface area contributed by atoms with Crippen molar-refractivity contribution in [2.24, 2.45) is 46.3 Å². The van der Waals surface area contributed by atoms with Crippen molar-refractivity contribution in [3.05, 3.63) is 0 Å². The topological polar surface area (TPSA) is 113 Å². The summed E-state index contributed by atoms with van der Waals surface area (Å²) < 4.78 is 6.13. The number of rotatable bonds is 27. The minimum Gasteiger partial charge on any atom is -0.480 e. The first-order valence-electron chi connectivity index (χ1n) is 23.9. The highest BCUT2D eigenvalue weighted by molar-refractivity contribution is 5.81. The summed E-state index contributed by atoms with van der Waals surface area (Å²) in [4.78, 5) is 36.0. The van der Waals surface area contributed by atoms with E-state index >= 15 is 0 Å². The molecule has 0 bridgehead atoms. The van der Waals surface area contributed by atoms with Crippen LogP contribution in [0.1, 0.15) is 220 Å². The van der Waals surface area contributed by atoms with Crippen molar-refractivity contribution < 1.29 is 29.3 Å². The molecule has 0 aromatic heterocycles. The molecule has 3 N–H and O–H groups in total. The minimum atomic E-state index is -1.02. The molecule has 0 spiro atoms. The van der Waals surface area contributed by atoms with Gasteiger partial charge in [-0.25, -0.2) is 0 Å². The van der Waals surface area contributed by atoms with Crippen LogP contribution in [0, 0.1) is 46.3 Å². The molecule has 1 amide bonds. The fourth-order valence-electron chi connectivity index (χ4n) is 12.7. The van der Waals surface area contributed by atoms with E-state index in [1.165, 1.54) is 122 Å². The van der Waals surface area contributed by atoms with Gasteiger partial charge in [0.2, 0.25) is 5.91 Å². The number of amides is 1. The Balaban J connectivity index is 1.06. The Labute approximate surface area is 337 Å². The molecule has 4 aliphatic carbocycles. The van der Waals surface area contributed by atoms with Crippen LogP contribution < -0.4 is 5.32 Å². The normalized spacial score (nSPS) is 31.9. The molecule has 4 fully saturated rings. The smallest absolute Gasteiger partial charge is 0.322 e. The Kier molecular flexibility index (Phi) is 19.8. The van der Waals surface area contributed by atoms with Crippen LogP contribution in [-0.2, 0) is 19.1 Å². The van der Waals surface area contributed by atoms with Gasteiger partial charge in [0, 0.05) is 12.8 Å². The number of esters is 1. The van der Waals surface area contributed by atoms with Crippen molar-refractivity contribution in [1.29, 1.82) is 0 Å². The lowest BCUT2D eigenvalue weighted by Crippen LogP contribution is -2.59. The van der Waals surface area contributed by atoms with Crippen LogP contribution in [-0.4, -0.2) is 46.8 Å². The zero-order valence-corrected chi connectivity index (χ0v) is 36.1. The number of hydrogen-bond donors (Lipinski definition) is 3. The number of hydrogen-bond acceptors (Lipinski definition) is 5. The van der Waals surface area contributed by atoms with E-state index in [0.29, 0.717) is 48.3 Å². The molecule has 0 saturated heterocycles. The molecule has 0 aromatic carbocycles. The highest BCUT2D eigenvalue weighted by Gasteiger charge is 2.63. The molecule has 10 atom stereocenters. The van der Waals surface area contributed by atoms with Gasteiger partial charge in [-0.2, -0.15) is 0 Å². The number of carbonyl (C=O) groups excluding carboxylic acids is 2. The van der Waals surface area contributed by atoms with Crippen molar-refractivity contribution >= 4 is 17.8 Å². The van der Waals surface area contributed by atoms with E-state index in [1.807, 2.05) is 0 Å². The molecule has 0 heterocycles. The molecule has 10 unspecified atom stereocenters. The second-order valence-corrected chi connectivity index (χ2v) is 19.6. The number of carbonyl (C=O) groups is 3. The molecular formula is C48H85NO6. The van der Waals surface area contributed by atoms with Crippen LogP contribution in [0.3, 0.4) is 0 Å². The summed E-state index contributed by atoms with van der Waals surface area (Å²) in [6.45, 7) is 9.01. The Bertz CT molecular complexity index is 1140. The van der Waals surface area contributed by atoms with Gasteiger partial charge in [0.25, 0.3) is 0 Å². The predicted molar refractivity (Wildman–Crippen MR) is 224 cm³/mol. The van der Waals surface area contributed by atoms with E-state index in [1.54, 1.807) is 0 Å². The van der Waals surface area contributed by atoms with Crippen LogP contribution in [0.4, 0.5) is 0 Å². The third-order valence-corrected chi connectivity index (χ3v) is 16.0. The molecule has 7 nitrogen and oxygen atoms in total. The first-order valence-corrected chi connectivity index (χ1v) is 23.9. The second-order valence-electron chi connectivity index (χ2n) is 19.6. The maximum atomic E-state index is 12.9. The van der Waals surface area contributed by atoms with Crippen molar-refractivity contribution in [1.82, 2.24) is 5.32 Å². The van der Waals surface area contributed by atoms with Gasteiger partial charge in [0.1, 0.15) is 12.6 Å². The van der Waals surface area contributed by atoms with Gasteiger partial charge >= 0.3 is 11.9 Å². The molecule has 4 saturated carbocycles. The highest BCUT2D eigenvalue weighted by Crippen LogP contribution is 2.68. The lowest BCUT2D eigenvalue weighted by molar-refractivity contribution is -0.181. The van der Waals surface area contributed by atoms with Gasteiger partial charge in [0.05, 0.1) is 6.10 Å². The Morgan fingerprint density at radius 2 is 1.27 bits per heavy atom. The van der Waals surface area contributed by atoms with Crippen molar-refractivity contribution in [3.8, 4) is 0 Å². The van der Waals surface area contributed by atoms with Crippen LogP contribution in [0.25, 0.3) is 0 Å². The molecule has 4 aliphatic rings. The van der Waals surface area contributed by atoms with Crippen LogP contribution in [0.5, 0.6) is 0 Å². The number of carboxylic acids is 1. The summed E-state index contributed by atoms with van der Waals surface area (Å²) in [7, 11) is 0. The highest BCUT2D eigenvalue weighted by atomic mass is 16.5. The van der Waals surface area contributed by atoms with Gasteiger partial charge < -0.3 is 20.3 Å². The zero-order chi connectivity index (χ0) is 39.7. The number of aliphatic hydroxyl groups is 1. The van der Waals surface area contributed by atoms with E-state index in [9.17, 15) is 19.5 Å². The summed E-state index contributed by atoms with van der Waals surface area (Å²) in [6.07, 6.45) is 35.5. The third kappa shape index (κ3) is 13.5. The van der Waals surface area contributed by atoms with Crippen molar-refractivity contribution in [3.63, 3.8) is 0 Å². The first kappa shape index (κ1) is 46.1. The van der Waals surface area contributed by atoms with E-state index in [-0.39, 0.29) is 41.5 Å². The number of ether oxygens (including phenoxy) is 1. The minimum absolute atomic E-state index is 0.00334. The fourth-order valence-corrected chi connectivity index (χ4v) is 12.7. The fraction of sp³-hybridized carbons (Fsp3) is 0.938. The molecule has 0 radical (unpaired) electrons. The average Bonchev–Trinajstić information content (AvgIpc) is 3.53. The Hall–Kier alpha value is -1.63. The summed E-state index contributed by atoms with van der Waals surface area (Å²) in [6, 6.07) is 0. The lowest BCUT2D eigenvalue weighted by Gasteiger charge is -2.62. The molecule has 4 rings (SSSR count). The lowest BCUT2D eigenvalue weighted by atomic mass is 9.43. The van der Waals surface area contributed by atoms with Gasteiger partial charge in [-0.05, 0) is 111 Å². The Morgan fingerprint density at radius 1 is 0.709 bits per heavy atom. The number of nitrogens with one attached hydrogen (secondary N) is 1. The van der Waals surface area contributed by atoms with Gasteiger partial charge in [-0.1, -0.05) is 143 Å². The SMILES string of the molecule is CCCCCCCCCCCCCCCCCCCCCC(=O)OC1CCC2(C)C(CCC3C2CC(O)C2(C)C(C(C)CCC(=O)NCC(=O)O)CCC32)C1. The second kappa shape index (κ2) is 23.7. The van der Waals surface area contributed by atoms with Crippen molar-refractivity contribution in [2.75, 3.05) is 6.54 Å². The number of unbranched alkanes of at least 4 members (excludes halogenated alkanes) is 18. The third-order valence-electron chi connectivity index (χ3n) is 16.0. The standard InChI is InChI=1S/C48H85NO6/c1-5-6-7-8-9-10-11-12-13-14-15-16-17-18-19-20-21-22-23-24-46(54)55-38-31-32-47(3)37(33-38)26-27-39-41-29-28-40(48(41,4)43(50)34-42(39)47)36(2)25-30-44(51)49-35-45(52)53/h36-43,50H,5-35H2,1-4H3,(H,49,51)(H,52,53). The predicted octanol–water partition coefficient (Wildman–Crippen LogP) is 12.0. The van der Waals surface area contributed by atoms with E-state index in [2.05, 4.69) is 33.0 Å². The monoisotopic (exact) mass is 772 g/mol. The van der Waals surface area contributed by atoms with Gasteiger partial charge in [0.15, 0.2) is 0 Å². The molecule has 0 aliphatic heterocycles. The van der Waals surface area contributed by atoms with Gasteiger partial charge in [-0.15, -0.1) is 0 Å². The number of aliphatic hydroxyl groups excluding tert-OH is 1. The molecule has 7 heteroatoms. The van der Waals surface area contributed by atoms with E-state index in [0.717, 1.165) is 57.8 Å². The van der Waals surface area contributed by atoms with E-state index in [4.69, 9.17) is 9.84 Å². The molecule has 318 valence electrons. The summed E-state index contributed by atoms with van der Waals surface area (Å²) in [5, 5.41) is 23.3. The van der Waals surface area contributed by atoms with Crippen molar-refractivity contribution in [2.45, 2.75) is 233 Å². The summed E-state index contributed by atoms with van der Waals surface area (Å²) in [5.74, 6) is 1.63. The number of carboxylic acid groups (broad SMARTS) is 1. The quantitative estimate of drug-likeness (QED) is 0.0566. The Morgan fingerprint density at radius 3 is 1.84 bits per heavy atom. The van der Waals surface area contributed by atoms with Crippen LogP contribution >= 0.6 is 0 Å². The maximum absolute atomic E-state index is 12.9. The van der Waals surface area contributed by atoms with Crippen LogP contribution in [0.2, 0.25) is 0 Å². The molecule has 0 aromatic rings. The maximum Gasteiger partial charge on any atom is 0.322 e. The first-order chi connectivity index (χ1) is 26.5. The van der Waals surface area contributed by atoms with Gasteiger partial charge in [-0.3, -0.25) is 14.4 Å². The molecule has 55 heavy (non-hydrogen) atoms. The van der Waals surface area contributed by atoms with E-state index < -0.39 is 5.97 Å². The zero-order valence-electron chi connectivity index (χ0n) is 36.1. The number of aliphatic carboxylic acids is 1. The summed E-state index contributed by atoms with van der Waals surface area (Å²) >= 11 is 0. The molecular weight excluding hydrogens is 687 g/mol. The van der Waals surface area contributed by atoms with Crippen LogP contribution in [0.15, 0.2) is 0 Å². The number of fused-ring (bicyclic) bond motifs is 5.